The number of carbonyl (C=O) groups excluding carboxylic acids is 1. The maximum Gasteiger partial charge on any atom is 0.229 e. The number of hydrogen-bond acceptors (Lipinski definition) is 3. The monoisotopic (exact) mass is 408 g/mol. The van der Waals surface area contributed by atoms with E-state index in [1.54, 1.807) is 0 Å². The quantitative estimate of drug-likeness (QED) is 0.691. The summed E-state index contributed by atoms with van der Waals surface area (Å²) < 4.78 is 20.1. The normalized spacial score (nSPS) is 39.4. The topological polar surface area (TPSA) is 42.4 Å². The second-order valence-electron chi connectivity index (χ2n) is 11.0. The van der Waals surface area contributed by atoms with Gasteiger partial charge in [0.25, 0.3) is 0 Å². The first-order chi connectivity index (χ1) is 14.3. The Morgan fingerprint density at radius 3 is 2.70 bits per heavy atom. The predicted molar refractivity (Wildman–Crippen MR) is 110 cm³/mol. The zero-order chi connectivity index (χ0) is 20.7. The molecule has 1 aromatic heterocycles. The molecule has 1 unspecified atom stereocenters. The molecule has 1 amide bonds. The number of amides is 1. The summed E-state index contributed by atoms with van der Waals surface area (Å²) in [5.74, 6) is 7.63. The van der Waals surface area contributed by atoms with Crippen LogP contribution in [0.5, 0.6) is 0 Å². The Balaban J connectivity index is 1.27. The van der Waals surface area contributed by atoms with E-state index >= 15 is 0 Å². The van der Waals surface area contributed by atoms with Crippen LogP contribution in [0.2, 0.25) is 0 Å². The van der Waals surface area contributed by atoms with Crippen molar-refractivity contribution in [1.82, 2.24) is 9.88 Å². The highest BCUT2D eigenvalue weighted by molar-refractivity contribution is 5.85. The van der Waals surface area contributed by atoms with Crippen molar-refractivity contribution in [3.8, 4) is 11.8 Å². The first kappa shape index (κ1) is 18.8. The van der Waals surface area contributed by atoms with Crippen LogP contribution in [-0.2, 0) is 9.53 Å². The van der Waals surface area contributed by atoms with E-state index in [9.17, 15) is 9.18 Å². The molecule has 0 N–H and O–H groups in total. The first-order valence-electron chi connectivity index (χ1n) is 11.4. The number of carbonyl (C=O) groups is 1. The van der Waals surface area contributed by atoms with Gasteiger partial charge in [0.1, 0.15) is 5.67 Å². The van der Waals surface area contributed by atoms with Gasteiger partial charge in [0.15, 0.2) is 0 Å². The molecule has 0 aromatic carbocycles. The van der Waals surface area contributed by atoms with Crippen molar-refractivity contribution in [3.63, 3.8) is 0 Å². The van der Waals surface area contributed by atoms with E-state index in [0.717, 1.165) is 37.3 Å². The number of halogens is 1. The molecule has 4 nitrogen and oxygen atoms in total. The van der Waals surface area contributed by atoms with Crippen LogP contribution in [0.15, 0.2) is 12.4 Å². The van der Waals surface area contributed by atoms with Crippen molar-refractivity contribution in [2.24, 2.45) is 16.7 Å². The Hall–Kier alpha value is -1.93. The van der Waals surface area contributed by atoms with Gasteiger partial charge >= 0.3 is 0 Å². The van der Waals surface area contributed by atoms with E-state index in [2.05, 4.69) is 35.6 Å². The van der Waals surface area contributed by atoms with Crippen molar-refractivity contribution >= 4 is 5.91 Å². The number of rotatable bonds is 2. The third kappa shape index (κ3) is 2.49. The third-order valence-corrected chi connectivity index (χ3v) is 8.56. The smallest absolute Gasteiger partial charge is 0.229 e. The fraction of sp³-hybridized carbons (Fsp3) is 0.680. The van der Waals surface area contributed by atoms with Gasteiger partial charge in [0.2, 0.25) is 5.91 Å². The number of alkyl halides is 1. The van der Waals surface area contributed by atoms with Crippen LogP contribution in [0.1, 0.15) is 81.0 Å². The lowest BCUT2D eigenvalue weighted by atomic mass is 9.68. The molecule has 0 spiro atoms. The molecule has 6 rings (SSSR count). The molecule has 3 aliphatic carbocycles. The summed E-state index contributed by atoms with van der Waals surface area (Å²) in [6.45, 7) is 6.77. The van der Waals surface area contributed by atoms with E-state index in [0.29, 0.717) is 43.9 Å². The van der Waals surface area contributed by atoms with Crippen LogP contribution in [0.25, 0.3) is 0 Å². The fourth-order valence-electron chi connectivity index (χ4n) is 6.79. The number of nitrogens with zero attached hydrogens (tertiary/aromatic N) is 2. The van der Waals surface area contributed by atoms with E-state index in [1.165, 1.54) is 5.56 Å². The minimum atomic E-state index is -1.09. The molecule has 4 fully saturated rings. The molecule has 2 aliphatic heterocycles. The number of fused-ring (bicyclic) bond motifs is 6. The van der Waals surface area contributed by atoms with Gasteiger partial charge < -0.3 is 9.64 Å². The Morgan fingerprint density at radius 1 is 1.30 bits per heavy atom. The van der Waals surface area contributed by atoms with E-state index in [4.69, 9.17) is 4.74 Å². The second-order valence-corrected chi connectivity index (χ2v) is 11.0. The standard InChI is InChI=1S/C25H29FN2O2/c1-16-12-28(22(29)24-6-8-25(26,13-24)9-7-24)21-18-11-27-10-17(20(18)19(16)21)4-3-5-23(2)14-30-15-23/h10-11,16,19,21H,5-9,12-15H2,1-2H3/t16-,19?,21+,24?,25?/m0/s1. The summed E-state index contributed by atoms with van der Waals surface area (Å²) in [5.41, 5.74) is 2.09. The summed E-state index contributed by atoms with van der Waals surface area (Å²) in [6, 6.07) is 0.0962. The second kappa shape index (κ2) is 6.07. The van der Waals surface area contributed by atoms with E-state index in [1.807, 2.05) is 12.4 Å². The molecular formula is C25H29FN2O2. The molecule has 30 heavy (non-hydrogen) atoms. The van der Waals surface area contributed by atoms with Crippen LogP contribution >= 0.6 is 0 Å². The van der Waals surface area contributed by atoms with Crippen molar-refractivity contribution in [2.75, 3.05) is 19.8 Å². The average molecular weight is 409 g/mol. The number of hydrogen-bond donors (Lipinski definition) is 0. The molecule has 3 heterocycles. The summed E-state index contributed by atoms with van der Waals surface area (Å²) in [4.78, 5) is 20.1. The van der Waals surface area contributed by atoms with Crippen molar-refractivity contribution in [2.45, 2.75) is 70.0 Å². The molecule has 5 heteroatoms. The van der Waals surface area contributed by atoms with Gasteiger partial charge in [-0.2, -0.15) is 0 Å². The molecule has 5 aliphatic rings. The maximum absolute atomic E-state index is 14.8. The minimum absolute atomic E-state index is 0.0962. The molecule has 2 bridgehead atoms. The van der Waals surface area contributed by atoms with Crippen molar-refractivity contribution < 1.29 is 13.9 Å². The van der Waals surface area contributed by atoms with Crippen LogP contribution in [-0.4, -0.2) is 41.2 Å². The van der Waals surface area contributed by atoms with Gasteiger partial charge in [-0.05, 0) is 49.1 Å². The van der Waals surface area contributed by atoms with E-state index < -0.39 is 11.1 Å². The molecule has 158 valence electrons. The largest absolute Gasteiger partial charge is 0.380 e. The van der Waals surface area contributed by atoms with Gasteiger partial charge in [-0.25, -0.2) is 4.39 Å². The lowest BCUT2D eigenvalue weighted by Gasteiger charge is -2.42. The summed E-state index contributed by atoms with van der Waals surface area (Å²) in [6.07, 6.45) is 7.59. The number of ether oxygens (including phenoxy) is 1. The van der Waals surface area contributed by atoms with Crippen molar-refractivity contribution in [3.05, 3.63) is 29.1 Å². The van der Waals surface area contributed by atoms with Crippen LogP contribution in [0.4, 0.5) is 4.39 Å². The highest BCUT2D eigenvalue weighted by atomic mass is 19.1. The summed E-state index contributed by atoms with van der Waals surface area (Å²) in [7, 11) is 0. The molecule has 1 aromatic rings. The Labute approximate surface area is 177 Å². The first-order valence-corrected chi connectivity index (χ1v) is 11.4. The van der Waals surface area contributed by atoms with E-state index in [-0.39, 0.29) is 17.4 Å². The molecule has 3 atom stereocenters. The highest BCUT2D eigenvalue weighted by Gasteiger charge is 2.62. The predicted octanol–water partition coefficient (Wildman–Crippen LogP) is 4.15. The van der Waals surface area contributed by atoms with Gasteiger partial charge in [-0.3, -0.25) is 9.78 Å². The van der Waals surface area contributed by atoms with Crippen molar-refractivity contribution in [1.29, 1.82) is 0 Å². The number of likely N-dealkylation sites (tertiary alicyclic amines) is 1. The average Bonchev–Trinajstić information content (AvgIpc) is 3.30. The van der Waals surface area contributed by atoms with Gasteiger partial charge in [-0.15, -0.1) is 0 Å². The summed E-state index contributed by atoms with van der Waals surface area (Å²) in [5, 5.41) is 0. The van der Waals surface area contributed by atoms with Gasteiger partial charge in [0.05, 0.1) is 24.7 Å². The van der Waals surface area contributed by atoms with Gasteiger partial charge in [0, 0.05) is 42.3 Å². The zero-order valence-corrected chi connectivity index (χ0v) is 17.8. The van der Waals surface area contributed by atoms with Crippen LogP contribution in [0.3, 0.4) is 0 Å². The fourth-order valence-corrected chi connectivity index (χ4v) is 6.79. The lowest BCUT2D eigenvalue weighted by molar-refractivity contribution is -0.143. The minimum Gasteiger partial charge on any atom is -0.380 e. The Morgan fingerprint density at radius 2 is 2.07 bits per heavy atom. The zero-order valence-electron chi connectivity index (χ0n) is 17.8. The maximum atomic E-state index is 14.8. The molecule has 2 saturated heterocycles. The SMILES string of the molecule is C[C@H]1CN(C(=O)C23CCC(F)(CC2)C3)[C@@H]2c3cncc(C#CCC4(C)COC4)c3C21. The third-order valence-electron chi connectivity index (χ3n) is 8.56. The molecule has 2 saturated carbocycles. The van der Waals surface area contributed by atoms with Crippen LogP contribution in [0, 0.1) is 28.6 Å². The Kier molecular flexibility index (Phi) is 3.80. The lowest BCUT2D eigenvalue weighted by Crippen LogP contribution is -2.44. The summed E-state index contributed by atoms with van der Waals surface area (Å²) >= 11 is 0. The highest BCUT2D eigenvalue weighted by Crippen LogP contribution is 2.63. The van der Waals surface area contributed by atoms with Crippen LogP contribution < -0.4 is 0 Å². The molecular weight excluding hydrogens is 379 g/mol. The number of aromatic nitrogens is 1. The van der Waals surface area contributed by atoms with Gasteiger partial charge in [-0.1, -0.05) is 25.7 Å². The molecule has 0 radical (unpaired) electrons. The Bertz CT molecular complexity index is 981. The number of pyridine rings is 1.